The van der Waals surface area contributed by atoms with Gasteiger partial charge in [-0.2, -0.15) is 0 Å². The summed E-state index contributed by atoms with van der Waals surface area (Å²) in [6.45, 7) is 5.16. The van der Waals surface area contributed by atoms with Crippen molar-refractivity contribution >= 4 is 17.4 Å². The first-order chi connectivity index (χ1) is 10.5. The number of carbonyl (C=O) groups excluding carboxylic acids is 2. The highest BCUT2D eigenvalue weighted by molar-refractivity contribution is 5.98. The Morgan fingerprint density at radius 2 is 1.77 bits per heavy atom. The lowest BCUT2D eigenvalue weighted by molar-refractivity contribution is -0.122. The van der Waals surface area contributed by atoms with Gasteiger partial charge >= 0.3 is 0 Å². The van der Waals surface area contributed by atoms with E-state index in [1.54, 1.807) is 31.2 Å². The SMILES string of the molecule is CC(=O)c1cccc(NC(=O)[C@@H](C)Oc2ccc(C)cc2)c1. The third-order valence-electron chi connectivity index (χ3n) is 3.24. The lowest BCUT2D eigenvalue weighted by Crippen LogP contribution is -2.30. The minimum Gasteiger partial charge on any atom is -0.481 e. The van der Waals surface area contributed by atoms with Crippen LogP contribution in [-0.4, -0.2) is 17.8 Å². The number of hydrogen-bond acceptors (Lipinski definition) is 3. The van der Waals surface area contributed by atoms with Gasteiger partial charge < -0.3 is 10.1 Å². The lowest BCUT2D eigenvalue weighted by Gasteiger charge is -2.15. The van der Waals surface area contributed by atoms with Crippen molar-refractivity contribution in [3.05, 3.63) is 59.7 Å². The number of ether oxygens (including phenoxy) is 1. The maximum atomic E-state index is 12.1. The zero-order valence-corrected chi connectivity index (χ0v) is 12.9. The minimum absolute atomic E-state index is 0.0416. The molecule has 0 aliphatic carbocycles. The van der Waals surface area contributed by atoms with Gasteiger partial charge in [0, 0.05) is 11.3 Å². The number of rotatable bonds is 5. The predicted molar refractivity (Wildman–Crippen MR) is 86.3 cm³/mol. The molecule has 2 aromatic carbocycles. The number of Topliss-reactive ketones (excluding diaryl/α,β-unsaturated/α-hetero) is 1. The number of amides is 1. The second-order valence-corrected chi connectivity index (χ2v) is 5.20. The minimum atomic E-state index is -0.635. The van der Waals surface area contributed by atoms with Gasteiger partial charge in [0.2, 0.25) is 0 Å². The molecule has 0 spiro atoms. The van der Waals surface area contributed by atoms with Crippen LogP contribution in [0.5, 0.6) is 5.75 Å². The van der Waals surface area contributed by atoms with E-state index in [-0.39, 0.29) is 11.7 Å². The van der Waals surface area contributed by atoms with Gasteiger partial charge in [0.05, 0.1) is 0 Å². The van der Waals surface area contributed by atoms with Crippen LogP contribution in [0.3, 0.4) is 0 Å². The molecular weight excluding hydrogens is 278 g/mol. The van der Waals surface area contributed by atoms with Crippen molar-refractivity contribution in [2.75, 3.05) is 5.32 Å². The van der Waals surface area contributed by atoms with Crippen LogP contribution >= 0.6 is 0 Å². The average molecular weight is 297 g/mol. The highest BCUT2D eigenvalue weighted by Gasteiger charge is 2.15. The van der Waals surface area contributed by atoms with Gasteiger partial charge in [0.15, 0.2) is 11.9 Å². The molecule has 0 saturated carbocycles. The summed E-state index contributed by atoms with van der Waals surface area (Å²) in [5.74, 6) is 0.340. The van der Waals surface area contributed by atoms with Gasteiger partial charge in [0.1, 0.15) is 5.75 Å². The normalized spacial score (nSPS) is 11.6. The smallest absolute Gasteiger partial charge is 0.265 e. The molecule has 1 amide bonds. The van der Waals surface area contributed by atoms with E-state index in [1.165, 1.54) is 6.92 Å². The second kappa shape index (κ2) is 6.89. The first kappa shape index (κ1) is 15.8. The summed E-state index contributed by atoms with van der Waals surface area (Å²) in [5.41, 5.74) is 2.27. The van der Waals surface area contributed by atoms with Gasteiger partial charge in [-0.3, -0.25) is 9.59 Å². The summed E-state index contributed by atoms with van der Waals surface area (Å²) >= 11 is 0. The van der Waals surface area contributed by atoms with E-state index in [0.717, 1.165) is 5.56 Å². The fraction of sp³-hybridized carbons (Fsp3) is 0.222. The molecule has 0 radical (unpaired) electrons. The summed E-state index contributed by atoms with van der Waals surface area (Å²) in [7, 11) is 0. The topological polar surface area (TPSA) is 55.4 Å². The van der Waals surface area contributed by atoms with Crippen LogP contribution in [0.25, 0.3) is 0 Å². The largest absolute Gasteiger partial charge is 0.481 e. The number of hydrogen-bond donors (Lipinski definition) is 1. The van der Waals surface area contributed by atoms with Gasteiger partial charge in [-0.15, -0.1) is 0 Å². The van der Waals surface area contributed by atoms with Crippen LogP contribution < -0.4 is 10.1 Å². The van der Waals surface area contributed by atoms with E-state index in [1.807, 2.05) is 31.2 Å². The molecule has 2 rings (SSSR count). The molecule has 0 heterocycles. The summed E-state index contributed by atoms with van der Waals surface area (Å²) in [6.07, 6.45) is -0.635. The summed E-state index contributed by atoms with van der Waals surface area (Å²) in [4.78, 5) is 23.5. The highest BCUT2D eigenvalue weighted by atomic mass is 16.5. The average Bonchev–Trinajstić information content (AvgIpc) is 2.49. The highest BCUT2D eigenvalue weighted by Crippen LogP contribution is 2.15. The van der Waals surface area contributed by atoms with E-state index >= 15 is 0 Å². The van der Waals surface area contributed by atoms with Crippen molar-refractivity contribution < 1.29 is 14.3 Å². The quantitative estimate of drug-likeness (QED) is 0.858. The Hall–Kier alpha value is -2.62. The van der Waals surface area contributed by atoms with Crippen LogP contribution in [0.4, 0.5) is 5.69 Å². The van der Waals surface area contributed by atoms with E-state index in [0.29, 0.717) is 17.0 Å². The second-order valence-electron chi connectivity index (χ2n) is 5.20. The molecule has 1 atom stereocenters. The van der Waals surface area contributed by atoms with Gasteiger partial charge in [0.25, 0.3) is 5.91 Å². The molecule has 0 unspecified atom stereocenters. The van der Waals surface area contributed by atoms with E-state index in [2.05, 4.69) is 5.32 Å². The van der Waals surface area contributed by atoms with Crippen molar-refractivity contribution in [3.63, 3.8) is 0 Å². The summed E-state index contributed by atoms with van der Waals surface area (Å²) < 4.78 is 5.60. The molecule has 0 bridgehead atoms. The third kappa shape index (κ3) is 4.19. The third-order valence-corrected chi connectivity index (χ3v) is 3.24. The van der Waals surface area contributed by atoms with Crippen molar-refractivity contribution in [1.29, 1.82) is 0 Å². The Morgan fingerprint density at radius 1 is 1.09 bits per heavy atom. The van der Waals surface area contributed by atoms with Crippen molar-refractivity contribution in [3.8, 4) is 5.75 Å². The van der Waals surface area contributed by atoms with Crippen LogP contribution in [0.1, 0.15) is 29.8 Å². The molecule has 1 N–H and O–H groups in total. The molecular formula is C18H19NO3. The van der Waals surface area contributed by atoms with Crippen LogP contribution in [-0.2, 0) is 4.79 Å². The Bertz CT molecular complexity index is 677. The van der Waals surface area contributed by atoms with Gasteiger partial charge in [-0.05, 0) is 45.0 Å². The fourth-order valence-electron chi connectivity index (χ4n) is 1.93. The van der Waals surface area contributed by atoms with Crippen LogP contribution in [0.15, 0.2) is 48.5 Å². The molecule has 0 aliphatic rings. The number of aryl methyl sites for hydroxylation is 1. The van der Waals surface area contributed by atoms with Crippen molar-refractivity contribution in [2.45, 2.75) is 26.9 Å². The molecule has 0 fully saturated rings. The Labute approximate surface area is 130 Å². The first-order valence-electron chi connectivity index (χ1n) is 7.11. The van der Waals surface area contributed by atoms with E-state index in [4.69, 9.17) is 4.74 Å². The standard InChI is InChI=1S/C18H19NO3/c1-12-7-9-17(10-8-12)22-14(3)18(21)19-16-6-4-5-15(11-16)13(2)20/h4-11,14H,1-3H3,(H,19,21)/t14-/m1/s1. The zero-order valence-electron chi connectivity index (χ0n) is 12.9. The fourth-order valence-corrected chi connectivity index (χ4v) is 1.93. The number of carbonyl (C=O) groups is 2. The number of benzene rings is 2. The monoisotopic (exact) mass is 297 g/mol. The lowest BCUT2D eigenvalue weighted by atomic mass is 10.1. The van der Waals surface area contributed by atoms with E-state index < -0.39 is 6.10 Å². The number of ketones is 1. The van der Waals surface area contributed by atoms with Crippen LogP contribution in [0.2, 0.25) is 0 Å². The zero-order chi connectivity index (χ0) is 16.1. The van der Waals surface area contributed by atoms with E-state index in [9.17, 15) is 9.59 Å². The maximum Gasteiger partial charge on any atom is 0.265 e. The molecule has 22 heavy (non-hydrogen) atoms. The maximum absolute atomic E-state index is 12.1. The van der Waals surface area contributed by atoms with Crippen molar-refractivity contribution in [1.82, 2.24) is 0 Å². The Balaban J connectivity index is 2.00. The van der Waals surface area contributed by atoms with Gasteiger partial charge in [-0.25, -0.2) is 0 Å². The number of nitrogens with one attached hydrogen (secondary N) is 1. The van der Waals surface area contributed by atoms with Crippen molar-refractivity contribution in [2.24, 2.45) is 0 Å². The number of anilines is 1. The molecule has 114 valence electrons. The van der Waals surface area contributed by atoms with Crippen LogP contribution in [0, 0.1) is 6.92 Å². The van der Waals surface area contributed by atoms with Gasteiger partial charge in [-0.1, -0.05) is 29.8 Å². The summed E-state index contributed by atoms with van der Waals surface area (Å²) in [6, 6.07) is 14.3. The Kier molecular flexibility index (Phi) is 4.94. The predicted octanol–water partition coefficient (Wildman–Crippen LogP) is 3.60. The molecule has 4 nitrogen and oxygen atoms in total. The Morgan fingerprint density at radius 3 is 2.41 bits per heavy atom. The molecule has 4 heteroatoms. The molecule has 0 aliphatic heterocycles. The molecule has 2 aromatic rings. The first-order valence-corrected chi connectivity index (χ1v) is 7.11. The molecule has 0 saturated heterocycles. The summed E-state index contributed by atoms with van der Waals surface area (Å²) in [5, 5.41) is 2.75. The molecule has 0 aromatic heterocycles.